The fourth-order valence-electron chi connectivity index (χ4n) is 2.91. The molecule has 2 aromatic rings. The van der Waals surface area contributed by atoms with Gasteiger partial charge in [0.15, 0.2) is 0 Å². The maximum absolute atomic E-state index is 3.53. The van der Waals surface area contributed by atoms with E-state index >= 15 is 0 Å². The first kappa shape index (κ1) is 13.7. The van der Waals surface area contributed by atoms with Crippen molar-refractivity contribution < 1.29 is 0 Å². The Hall–Kier alpha value is -1.32. The molecule has 0 amide bonds. The summed E-state index contributed by atoms with van der Waals surface area (Å²) in [5.41, 5.74) is 4.10. The van der Waals surface area contributed by atoms with Crippen LogP contribution in [-0.2, 0) is 6.54 Å². The lowest BCUT2D eigenvalue weighted by atomic mass is 10.0. The number of nitrogens with one attached hydrogen (secondary N) is 1. The summed E-state index contributed by atoms with van der Waals surface area (Å²) in [4.78, 5) is 2.40. The topological polar surface area (TPSA) is 15.3 Å². The summed E-state index contributed by atoms with van der Waals surface area (Å²) in [7, 11) is 2.20. The van der Waals surface area contributed by atoms with Gasteiger partial charge < -0.3 is 10.2 Å². The van der Waals surface area contributed by atoms with E-state index in [-0.39, 0.29) is 0 Å². The van der Waals surface area contributed by atoms with Gasteiger partial charge in [-0.25, -0.2) is 0 Å². The van der Waals surface area contributed by atoms with Gasteiger partial charge in [-0.2, -0.15) is 0 Å². The molecule has 1 N–H and O–H groups in total. The van der Waals surface area contributed by atoms with E-state index in [0.717, 1.165) is 24.1 Å². The first-order valence-corrected chi connectivity index (χ1v) is 7.77. The molecule has 3 heteroatoms. The van der Waals surface area contributed by atoms with Crippen LogP contribution < -0.4 is 5.32 Å². The lowest BCUT2D eigenvalue weighted by Crippen LogP contribution is -2.25. The molecule has 0 fully saturated rings. The van der Waals surface area contributed by atoms with Crippen molar-refractivity contribution in [2.45, 2.75) is 12.5 Å². The highest BCUT2D eigenvalue weighted by atomic mass is 79.9. The Bertz CT molecular complexity index is 597. The van der Waals surface area contributed by atoms with Crippen molar-refractivity contribution >= 4 is 21.6 Å². The van der Waals surface area contributed by atoms with E-state index in [1.807, 2.05) is 0 Å². The predicted molar refractivity (Wildman–Crippen MR) is 88.1 cm³/mol. The van der Waals surface area contributed by atoms with Gasteiger partial charge in [-0.1, -0.05) is 46.3 Å². The summed E-state index contributed by atoms with van der Waals surface area (Å²) in [5.74, 6) is 0.586. The van der Waals surface area contributed by atoms with Crippen molar-refractivity contribution in [3.8, 4) is 0 Å². The number of rotatable bonds is 4. The first-order chi connectivity index (χ1) is 9.72. The number of hydrogen-bond donors (Lipinski definition) is 1. The minimum absolute atomic E-state index is 0.586. The molecule has 1 unspecified atom stereocenters. The van der Waals surface area contributed by atoms with Gasteiger partial charge in [0.2, 0.25) is 0 Å². The Labute approximate surface area is 128 Å². The quantitative estimate of drug-likeness (QED) is 0.908. The van der Waals surface area contributed by atoms with Gasteiger partial charge in [-0.05, 0) is 36.4 Å². The SMILES string of the molecule is CN(Cc1cccc(Br)c1)CC1CNc2ccccc21. The maximum Gasteiger partial charge on any atom is 0.0376 e. The average Bonchev–Trinajstić information content (AvgIpc) is 2.82. The van der Waals surface area contributed by atoms with E-state index < -0.39 is 0 Å². The number of halogens is 1. The smallest absolute Gasteiger partial charge is 0.0376 e. The molecular weight excluding hydrogens is 312 g/mol. The molecule has 2 nitrogen and oxygen atoms in total. The summed E-state index contributed by atoms with van der Waals surface area (Å²) < 4.78 is 1.15. The van der Waals surface area contributed by atoms with E-state index in [0.29, 0.717) is 5.92 Å². The number of nitrogens with zero attached hydrogens (tertiary/aromatic N) is 1. The zero-order valence-corrected chi connectivity index (χ0v) is 13.2. The molecule has 0 radical (unpaired) electrons. The third-order valence-electron chi connectivity index (χ3n) is 3.81. The second-order valence-electron chi connectivity index (χ2n) is 5.49. The summed E-state index contributed by atoms with van der Waals surface area (Å²) in [6.45, 7) is 3.11. The third-order valence-corrected chi connectivity index (χ3v) is 4.31. The van der Waals surface area contributed by atoms with Gasteiger partial charge in [0.1, 0.15) is 0 Å². The molecule has 1 heterocycles. The van der Waals surface area contributed by atoms with Crippen LogP contribution in [0.3, 0.4) is 0 Å². The monoisotopic (exact) mass is 330 g/mol. The van der Waals surface area contributed by atoms with Crippen molar-refractivity contribution in [2.24, 2.45) is 0 Å². The normalized spacial score (nSPS) is 17.1. The van der Waals surface area contributed by atoms with Crippen molar-refractivity contribution in [3.63, 3.8) is 0 Å². The lowest BCUT2D eigenvalue weighted by Gasteiger charge is -2.21. The minimum Gasteiger partial charge on any atom is -0.384 e. The van der Waals surface area contributed by atoms with Gasteiger partial charge in [0, 0.05) is 35.7 Å². The molecule has 0 saturated carbocycles. The van der Waals surface area contributed by atoms with Gasteiger partial charge in [-0.3, -0.25) is 0 Å². The van der Waals surface area contributed by atoms with Crippen molar-refractivity contribution in [1.29, 1.82) is 0 Å². The Morgan fingerprint density at radius 1 is 1.20 bits per heavy atom. The third kappa shape index (κ3) is 3.05. The van der Waals surface area contributed by atoms with Gasteiger partial charge in [0.05, 0.1) is 0 Å². The molecule has 20 heavy (non-hydrogen) atoms. The lowest BCUT2D eigenvalue weighted by molar-refractivity contribution is 0.309. The summed E-state index contributed by atoms with van der Waals surface area (Å²) >= 11 is 3.53. The van der Waals surface area contributed by atoms with Crippen LogP contribution >= 0.6 is 15.9 Å². The molecule has 0 aromatic heterocycles. The fourth-order valence-corrected chi connectivity index (χ4v) is 3.35. The number of para-hydroxylation sites is 1. The Kier molecular flexibility index (Phi) is 4.08. The Morgan fingerprint density at radius 2 is 2.05 bits per heavy atom. The van der Waals surface area contributed by atoms with E-state index in [1.165, 1.54) is 16.8 Å². The van der Waals surface area contributed by atoms with E-state index in [1.54, 1.807) is 0 Å². The molecule has 0 aliphatic carbocycles. The fraction of sp³-hybridized carbons (Fsp3) is 0.294. The minimum atomic E-state index is 0.586. The molecule has 104 valence electrons. The van der Waals surface area contributed by atoms with Crippen LogP contribution in [0.2, 0.25) is 0 Å². The van der Waals surface area contributed by atoms with Gasteiger partial charge >= 0.3 is 0 Å². The van der Waals surface area contributed by atoms with Crippen LogP contribution in [0.1, 0.15) is 17.0 Å². The highest BCUT2D eigenvalue weighted by Crippen LogP contribution is 2.31. The van der Waals surface area contributed by atoms with Crippen LogP contribution in [0, 0.1) is 0 Å². The second-order valence-corrected chi connectivity index (χ2v) is 6.41. The number of anilines is 1. The standard InChI is InChI=1S/C17H19BrN2/c1-20(11-13-5-4-6-15(18)9-13)12-14-10-19-17-8-3-2-7-16(14)17/h2-9,14,19H,10-12H2,1H3. The number of fused-ring (bicyclic) bond motifs is 1. The molecule has 0 saturated heterocycles. The second kappa shape index (κ2) is 5.98. The maximum atomic E-state index is 3.53. The molecule has 3 rings (SSSR count). The van der Waals surface area contributed by atoms with Gasteiger partial charge in [-0.15, -0.1) is 0 Å². The molecule has 1 atom stereocenters. The highest BCUT2D eigenvalue weighted by Gasteiger charge is 2.22. The molecule has 0 bridgehead atoms. The van der Waals surface area contributed by atoms with E-state index in [2.05, 4.69) is 81.7 Å². The van der Waals surface area contributed by atoms with Crippen LogP contribution in [0.15, 0.2) is 53.0 Å². The van der Waals surface area contributed by atoms with Crippen LogP contribution in [0.25, 0.3) is 0 Å². The summed E-state index contributed by atoms with van der Waals surface area (Å²) in [6, 6.07) is 17.2. The summed E-state index contributed by atoms with van der Waals surface area (Å²) in [5, 5.41) is 3.49. The summed E-state index contributed by atoms with van der Waals surface area (Å²) in [6.07, 6.45) is 0. The van der Waals surface area contributed by atoms with Crippen LogP contribution in [0.4, 0.5) is 5.69 Å². The average molecular weight is 331 g/mol. The number of benzene rings is 2. The molecule has 1 aliphatic heterocycles. The Morgan fingerprint density at radius 3 is 2.90 bits per heavy atom. The molecule has 0 spiro atoms. The van der Waals surface area contributed by atoms with Crippen molar-refractivity contribution in [3.05, 3.63) is 64.1 Å². The predicted octanol–water partition coefficient (Wildman–Crippen LogP) is 4.09. The first-order valence-electron chi connectivity index (χ1n) is 6.98. The largest absolute Gasteiger partial charge is 0.384 e. The van der Waals surface area contributed by atoms with Crippen molar-refractivity contribution in [1.82, 2.24) is 4.90 Å². The van der Waals surface area contributed by atoms with E-state index in [9.17, 15) is 0 Å². The van der Waals surface area contributed by atoms with Crippen LogP contribution in [-0.4, -0.2) is 25.0 Å². The van der Waals surface area contributed by atoms with Crippen molar-refractivity contribution in [2.75, 3.05) is 25.5 Å². The Balaban J connectivity index is 1.64. The zero-order chi connectivity index (χ0) is 13.9. The zero-order valence-electron chi connectivity index (χ0n) is 11.6. The molecule has 1 aliphatic rings. The molecule has 2 aromatic carbocycles. The molecular formula is C17H19BrN2. The highest BCUT2D eigenvalue weighted by molar-refractivity contribution is 9.10. The number of hydrogen-bond acceptors (Lipinski definition) is 2. The van der Waals surface area contributed by atoms with Gasteiger partial charge in [0.25, 0.3) is 0 Å². The van der Waals surface area contributed by atoms with E-state index in [4.69, 9.17) is 0 Å². The van der Waals surface area contributed by atoms with Crippen LogP contribution in [0.5, 0.6) is 0 Å². The number of likely N-dealkylation sites (N-methyl/N-ethyl adjacent to an activating group) is 1.